The van der Waals surface area contributed by atoms with E-state index in [1.807, 2.05) is 0 Å². The molecular weight excluding hydrogens is 184 g/mol. The van der Waals surface area contributed by atoms with Gasteiger partial charge in [0.15, 0.2) is 11.6 Å². The fourth-order valence-electron chi connectivity index (χ4n) is 1.07. The van der Waals surface area contributed by atoms with Gasteiger partial charge in [-0.15, -0.1) is 12.3 Å². The minimum absolute atomic E-state index is 0.297. The largest absolute Gasteiger partial charge is 0.312 e. The summed E-state index contributed by atoms with van der Waals surface area (Å²) >= 11 is 0. The van der Waals surface area contributed by atoms with Crippen molar-refractivity contribution in [1.82, 2.24) is 5.32 Å². The van der Waals surface area contributed by atoms with Gasteiger partial charge in [0, 0.05) is 25.1 Å². The first kappa shape index (κ1) is 10.7. The Morgan fingerprint density at radius 2 is 2.14 bits per heavy atom. The van der Waals surface area contributed by atoms with Gasteiger partial charge in [0.25, 0.3) is 0 Å². The average molecular weight is 195 g/mol. The van der Waals surface area contributed by atoms with Crippen molar-refractivity contribution in [2.75, 3.05) is 6.54 Å². The Kier molecular flexibility index (Phi) is 4.09. The third-order valence-electron chi connectivity index (χ3n) is 1.79. The molecule has 3 heteroatoms. The molecule has 0 aliphatic rings. The summed E-state index contributed by atoms with van der Waals surface area (Å²) in [5.74, 6) is 0.840. The van der Waals surface area contributed by atoms with Crippen LogP contribution < -0.4 is 5.32 Å². The maximum atomic E-state index is 13.1. The predicted octanol–water partition coefficient (Wildman–Crippen LogP) is 2.08. The topological polar surface area (TPSA) is 12.0 Å². The summed E-state index contributed by atoms with van der Waals surface area (Å²) in [5, 5.41) is 2.92. The Balaban J connectivity index is 2.51. The minimum Gasteiger partial charge on any atom is -0.312 e. The van der Waals surface area contributed by atoms with E-state index in [4.69, 9.17) is 6.42 Å². The number of hydrogen-bond acceptors (Lipinski definition) is 1. The van der Waals surface area contributed by atoms with E-state index >= 15 is 0 Å². The van der Waals surface area contributed by atoms with E-state index in [-0.39, 0.29) is 0 Å². The smallest absolute Gasteiger partial charge is 0.163 e. The molecule has 0 spiro atoms. The van der Waals surface area contributed by atoms with Crippen LogP contribution in [0.3, 0.4) is 0 Å². The zero-order valence-electron chi connectivity index (χ0n) is 7.69. The van der Waals surface area contributed by atoms with Crippen LogP contribution in [0.5, 0.6) is 0 Å². The molecule has 0 unspecified atom stereocenters. The van der Waals surface area contributed by atoms with Gasteiger partial charge < -0.3 is 5.32 Å². The lowest BCUT2D eigenvalue weighted by Crippen LogP contribution is -2.15. The molecule has 0 aliphatic carbocycles. The lowest BCUT2D eigenvalue weighted by Gasteiger charge is -2.04. The number of halogens is 2. The van der Waals surface area contributed by atoms with Gasteiger partial charge in [-0.2, -0.15) is 0 Å². The number of benzene rings is 1. The zero-order chi connectivity index (χ0) is 10.4. The van der Waals surface area contributed by atoms with Crippen molar-refractivity contribution in [2.45, 2.75) is 13.0 Å². The maximum Gasteiger partial charge on any atom is 0.163 e. The molecule has 14 heavy (non-hydrogen) atoms. The van der Waals surface area contributed by atoms with Gasteiger partial charge in [0.2, 0.25) is 0 Å². The molecular formula is C11H11F2N. The summed E-state index contributed by atoms with van der Waals surface area (Å²) in [4.78, 5) is 0. The van der Waals surface area contributed by atoms with Crippen LogP contribution in [0.1, 0.15) is 12.0 Å². The van der Waals surface area contributed by atoms with Crippen molar-refractivity contribution in [1.29, 1.82) is 0 Å². The normalized spacial score (nSPS) is 9.79. The quantitative estimate of drug-likeness (QED) is 0.573. The Hall–Kier alpha value is -1.40. The van der Waals surface area contributed by atoms with Crippen LogP contribution in [0.25, 0.3) is 0 Å². The summed E-state index contributed by atoms with van der Waals surface area (Å²) in [6.45, 7) is 0.901. The molecule has 0 aliphatic heterocycles. The van der Waals surface area contributed by atoms with Gasteiger partial charge in [-0.3, -0.25) is 0 Å². The third-order valence-corrected chi connectivity index (χ3v) is 1.79. The number of rotatable bonds is 4. The number of hydrogen-bond donors (Lipinski definition) is 1. The second kappa shape index (κ2) is 5.36. The average Bonchev–Trinajstić information content (AvgIpc) is 2.19. The highest BCUT2D eigenvalue weighted by Crippen LogP contribution is 2.10. The monoisotopic (exact) mass is 195 g/mol. The van der Waals surface area contributed by atoms with Crippen LogP contribution in [0.4, 0.5) is 8.78 Å². The maximum absolute atomic E-state index is 13.1. The lowest BCUT2D eigenvalue weighted by atomic mass is 10.2. The van der Waals surface area contributed by atoms with E-state index in [0.717, 1.165) is 6.07 Å². The molecule has 0 heterocycles. The highest BCUT2D eigenvalue weighted by atomic mass is 19.2. The third kappa shape index (κ3) is 2.82. The van der Waals surface area contributed by atoms with Gasteiger partial charge in [-0.05, 0) is 6.07 Å². The number of terminal acetylenes is 1. The molecule has 1 N–H and O–H groups in total. The molecule has 1 nitrogen and oxygen atoms in total. The van der Waals surface area contributed by atoms with E-state index in [9.17, 15) is 8.78 Å². The minimum atomic E-state index is -0.818. The van der Waals surface area contributed by atoms with E-state index < -0.39 is 11.6 Å². The Morgan fingerprint density at radius 1 is 1.36 bits per heavy atom. The summed E-state index contributed by atoms with van der Waals surface area (Å²) < 4.78 is 25.8. The van der Waals surface area contributed by atoms with Crippen molar-refractivity contribution in [3.05, 3.63) is 35.4 Å². The molecule has 74 valence electrons. The van der Waals surface area contributed by atoms with Crippen molar-refractivity contribution >= 4 is 0 Å². The van der Waals surface area contributed by atoms with Crippen LogP contribution in [-0.4, -0.2) is 6.54 Å². The molecule has 1 aromatic rings. The Morgan fingerprint density at radius 3 is 2.86 bits per heavy atom. The molecule has 0 aromatic heterocycles. The van der Waals surface area contributed by atoms with Crippen molar-refractivity contribution < 1.29 is 8.78 Å². The molecule has 0 amide bonds. The molecule has 1 aromatic carbocycles. The number of nitrogens with one attached hydrogen (secondary N) is 1. The predicted molar refractivity (Wildman–Crippen MR) is 51.5 cm³/mol. The Labute approximate surface area is 82.1 Å². The van der Waals surface area contributed by atoms with Crippen LogP contribution >= 0.6 is 0 Å². The van der Waals surface area contributed by atoms with Crippen molar-refractivity contribution in [3.8, 4) is 12.3 Å². The van der Waals surface area contributed by atoms with Crippen LogP contribution in [0, 0.1) is 24.0 Å². The molecule has 0 atom stereocenters. The van der Waals surface area contributed by atoms with E-state index in [0.29, 0.717) is 25.1 Å². The zero-order valence-corrected chi connectivity index (χ0v) is 7.69. The van der Waals surface area contributed by atoms with Gasteiger partial charge in [-0.1, -0.05) is 12.1 Å². The molecule has 0 saturated heterocycles. The fourth-order valence-corrected chi connectivity index (χ4v) is 1.07. The first-order valence-corrected chi connectivity index (χ1v) is 4.32. The van der Waals surface area contributed by atoms with Crippen LogP contribution in [0.2, 0.25) is 0 Å². The van der Waals surface area contributed by atoms with Gasteiger partial charge in [-0.25, -0.2) is 8.78 Å². The highest BCUT2D eigenvalue weighted by Gasteiger charge is 2.05. The molecule has 0 saturated carbocycles. The van der Waals surface area contributed by atoms with Crippen molar-refractivity contribution in [3.63, 3.8) is 0 Å². The Bertz CT molecular complexity index is 342. The summed E-state index contributed by atoms with van der Waals surface area (Å²) in [7, 11) is 0. The second-order valence-corrected chi connectivity index (χ2v) is 2.84. The van der Waals surface area contributed by atoms with Gasteiger partial charge >= 0.3 is 0 Å². The van der Waals surface area contributed by atoms with E-state index in [2.05, 4.69) is 11.2 Å². The van der Waals surface area contributed by atoms with Crippen LogP contribution in [-0.2, 0) is 6.54 Å². The fraction of sp³-hybridized carbons (Fsp3) is 0.273. The highest BCUT2D eigenvalue weighted by molar-refractivity contribution is 5.18. The van der Waals surface area contributed by atoms with E-state index in [1.165, 1.54) is 6.07 Å². The standard InChI is InChI=1S/C11H11F2N/c1-2-3-7-14-8-9-5-4-6-10(12)11(9)13/h1,4-6,14H,3,7-8H2. The summed E-state index contributed by atoms with van der Waals surface area (Å²) in [6.07, 6.45) is 5.62. The molecule has 0 bridgehead atoms. The van der Waals surface area contributed by atoms with Crippen molar-refractivity contribution in [2.24, 2.45) is 0 Å². The SMILES string of the molecule is C#CCCNCc1cccc(F)c1F. The van der Waals surface area contributed by atoms with Crippen LogP contribution in [0.15, 0.2) is 18.2 Å². The van der Waals surface area contributed by atoms with E-state index in [1.54, 1.807) is 6.07 Å². The summed E-state index contributed by atoms with van der Waals surface area (Å²) in [5.41, 5.74) is 0.321. The first-order valence-electron chi connectivity index (χ1n) is 4.32. The molecule has 0 fully saturated rings. The summed E-state index contributed by atoms with van der Waals surface area (Å²) in [6, 6.07) is 4.12. The van der Waals surface area contributed by atoms with Gasteiger partial charge in [0.1, 0.15) is 0 Å². The molecule has 1 rings (SSSR count). The van der Waals surface area contributed by atoms with Gasteiger partial charge in [0.05, 0.1) is 0 Å². The second-order valence-electron chi connectivity index (χ2n) is 2.84. The lowest BCUT2D eigenvalue weighted by molar-refractivity contribution is 0.493. The molecule has 0 radical (unpaired) electrons. The first-order chi connectivity index (χ1) is 6.75.